The summed E-state index contributed by atoms with van der Waals surface area (Å²) in [7, 11) is 0. The summed E-state index contributed by atoms with van der Waals surface area (Å²) in [5.74, 6) is 1.46. The van der Waals surface area contributed by atoms with Crippen molar-refractivity contribution in [3.8, 4) is 0 Å². The average molecular weight is 302 g/mol. The highest BCUT2D eigenvalue weighted by molar-refractivity contribution is 6.30. The molecule has 2 heterocycles. The monoisotopic (exact) mass is 301 g/mol. The largest absolute Gasteiger partial charge is 0.316 e. The molecule has 0 bridgehead atoms. The zero-order valence-corrected chi connectivity index (χ0v) is 13.2. The second-order valence-electron chi connectivity index (χ2n) is 5.72. The molecule has 0 saturated carbocycles. The van der Waals surface area contributed by atoms with Gasteiger partial charge >= 0.3 is 0 Å². The number of aromatic nitrogens is 2. The predicted octanol–water partition coefficient (Wildman–Crippen LogP) is 3.41. The minimum Gasteiger partial charge on any atom is -0.316 e. The molecule has 1 aliphatic heterocycles. The van der Waals surface area contributed by atoms with Crippen LogP contribution in [0.25, 0.3) is 0 Å². The van der Waals surface area contributed by atoms with E-state index >= 15 is 0 Å². The van der Waals surface area contributed by atoms with Gasteiger partial charge in [0.2, 0.25) is 0 Å². The molecule has 0 spiro atoms. The molecule has 0 radical (unpaired) electrons. The fourth-order valence-corrected chi connectivity index (χ4v) is 3.28. The summed E-state index contributed by atoms with van der Waals surface area (Å²) in [5.41, 5.74) is 4.77. The zero-order valence-electron chi connectivity index (χ0n) is 12.5. The molecule has 3 nitrogen and oxygen atoms in total. The first-order valence-electron chi connectivity index (χ1n) is 7.42. The Labute approximate surface area is 130 Å². The topological polar surface area (TPSA) is 37.8 Å². The van der Waals surface area contributed by atoms with E-state index < -0.39 is 0 Å². The van der Waals surface area contributed by atoms with Crippen molar-refractivity contribution >= 4 is 11.6 Å². The third-order valence-electron chi connectivity index (χ3n) is 4.12. The standard InChI is InChI=1S/C17H20ClN3/c1-11-17(14-7-8-19-10-14)12(2)21-16(20-11)9-13-3-5-15(18)6-4-13/h3-6,14,19H,7-10H2,1-2H3. The van der Waals surface area contributed by atoms with E-state index in [9.17, 15) is 0 Å². The number of aryl methyl sites for hydroxylation is 2. The Morgan fingerprint density at radius 1 is 1.14 bits per heavy atom. The van der Waals surface area contributed by atoms with Gasteiger partial charge in [0.1, 0.15) is 5.82 Å². The Balaban J connectivity index is 1.85. The highest BCUT2D eigenvalue weighted by Crippen LogP contribution is 2.27. The van der Waals surface area contributed by atoms with E-state index in [1.54, 1.807) is 0 Å². The molecule has 1 saturated heterocycles. The van der Waals surface area contributed by atoms with Gasteiger partial charge in [-0.15, -0.1) is 0 Å². The zero-order chi connectivity index (χ0) is 14.8. The highest BCUT2D eigenvalue weighted by atomic mass is 35.5. The summed E-state index contributed by atoms with van der Waals surface area (Å²) in [6.45, 7) is 6.35. The first kappa shape index (κ1) is 14.5. The van der Waals surface area contributed by atoms with Crippen molar-refractivity contribution in [2.24, 2.45) is 0 Å². The van der Waals surface area contributed by atoms with E-state index in [2.05, 4.69) is 19.2 Å². The Bertz CT molecular complexity index is 608. The Kier molecular flexibility index (Phi) is 4.22. The van der Waals surface area contributed by atoms with Crippen molar-refractivity contribution in [3.05, 3.63) is 57.6 Å². The van der Waals surface area contributed by atoms with E-state index in [1.807, 2.05) is 24.3 Å². The second kappa shape index (κ2) is 6.12. The van der Waals surface area contributed by atoms with Crippen molar-refractivity contribution in [1.82, 2.24) is 15.3 Å². The molecule has 1 fully saturated rings. The van der Waals surface area contributed by atoms with Crippen LogP contribution in [0, 0.1) is 13.8 Å². The first-order chi connectivity index (χ1) is 10.1. The van der Waals surface area contributed by atoms with E-state index in [1.165, 1.54) is 17.5 Å². The van der Waals surface area contributed by atoms with Gasteiger partial charge in [0.05, 0.1) is 0 Å². The van der Waals surface area contributed by atoms with Gasteiger partial charge in [-0.1, -0.05) is 23.7 Å². The SMILES string of the molecule is Cc1nc(Cc2ccc(Cl)cc2)nc(C)c1C1CCNC1. The Morgan fingerprint density at radius 3 is 2.38 bits per heavy atom. The third kappa shape index (κ3) is 3.25. The molecule has 1 atom stereocenters. The third-order valence-corrected chi connectivity index (χ3v) is 4.37. The molecule has 1 N–H and O–H groups in total. The summed E-state index contributed by atoms with van der Waals surface area (Å²) in [6.07, 6.45) is 1.93. The number of benzene rings is 1. The minimum atomic E-state index is 0.564. The number of nitrogens with one attached hydrogen (secondary N) is 1. The molecule has 1 aromatic carbocycles. The normalized spacial score (nSPS) is 18.1. The van der Waals surface area contributed by atoms with Crippen LogP contribution in [0.15, 0.2) is 24.3 Å². The lowest BCUT2D eigenvalue weighted by molar-refractivity contribution is 0.724. The van der Waals surface area contributed by atoms with Crippen LogP contribution in [0.1, 0.15) is 40.7 Å². The summed E-state index contributed by atoms with van der Waals surface area (Å²) < 4.78 is 0. The van der Waals surface area contributed by atoms with Crippen molar-refractivity contribution in [2.75, 3.05) is 13.1 Å². The number of nitrogens with zero attached hydrogens (tertiary/aromatic N) is 2. The fourth-order valence-electron chi connectivity index (χ4n) is 3.15. The maximum atomic E-state index is 5.92. The molecule has 0 aliphatic carbocycles. The average Bonchev–Trinajstić information content (AvgIpc) is 2.94. The molecule has 2 aromatic rings. The minimum absolute atomic E-state index is 0.564. The summed E-state index contributed by atoms with van der Waals surface area (Å²) in [4.78, 5) is 9.45. The van der Waals surface area contributed by atoms with E-state index in [0.717, 1.165) is 41.7 Å². The number of hydrogen-bond acceptors (Lipinski definition) is 3. The van der Waals surface area contributed by atoms with Gasteiger partial charge in [0.15, 0.2) is 0 Å². The number of rotatable bonds is 3. The summed E-state index contributed by atoms with van der Waals surface area (Å²) >= 11 is 5.92. The molecule has 1 aliphatic rings. The maximum Gasteiger partial charge on any atom is 0.133 e. The molecule has 0 amide bonds. The predicted molar refractivity (Wildman–Crippen MR) is 86.0 cm³/mol. The van der Waals surface area contributed by atoms with Crippen LogP contribution in [0.3, 0.4) is 0 Å². The molecule has 4 heteroatoms. The van der Waals surface area contributed by atoms with Crippen LogP contribution in [0.4, 0.5) is 0 Å². The van der Waals surface area contributed by atoms with Crippen molar-refractivity contribution in [1.29, 1.82) is 0 Å². The lowest BCUT2D eigenvalue weighted by atomic mass is 9.95. The number of hydrogen-bond donors (Lipinski definition) is 1. The van der Waals surface area contributed by atoms with Crippen molar-refractivity contribution in [2.45, 2.75) is 32.6 Å². The van der Waals surface area contributed by atoms with Crippen molar-refractivity contribution < 1.29 is 0 Å². The number of halogens is 1. The smallest absolute Gasteiger partial charge is 0.133 e. The molecular formula is C17H20ClN3. The highest BCUT2D eigenvalue weighted by Gasteiger charge is 2.22. The van der Waals surface area contributed by atoms with Gasteiger partial charge in [-0.2, -0.15) is 0 Å². The summed E-state index contributed by atoms with van der Waals surface area (Å²) in [6, 6.07) is 7.89. The van der Waals surface area contributed by atoms with Gasteiger partial charge in [-0.25, -0.2) is 9.97 Å². The van der Waals surface area contributed by atoms with Crippen LogP contribution in [0.2, 0.25) is 5.02 Å². The van der Waals surface area contributed by atoms with Gasteiger partial charge in [0.25, 0.3) is 0 Å². The van der Waals surface area contributed by atoms with Crippen LogP contribution in [-0.4, -0.2) is 23.1 Å². The Morgan fingerprint density at radius 2 is 1.81 bits per heavy atom. The molecular weight excluding hydrogens is 282 g/mol. The molecule has 3 rings (SSSR count). The first-order valence-corrected chi connectivity index (χ1v) is 7.80. The lowest BCUT2D eigenvalue weighted by Gasteiger charge is -2.15. The fraction of sp³-hybridized carbons (Fsp3) is 0.412. The van der Waals surface area contributed by atoms with Gasteiger partial charge < -0.3 is 5.32 Å². The van der Waals surface area contributed by atoms with Crippen molar-refractivity contribution in [3.63, 3.8) is 0 Å². The van der Waals surface area contributed by atoms with E-state index in [-0.39, 0.29) is 0 Å². The molecule has 110 valence electrons. The lowest BCUT2D eigenvalue weighted by Crippen LogP contribution is -2.13. The van der Waals surface area contributed by atoms with Crippen LogP contribution in [-0.2, 0) is 6.42 Å². The maximum absolute atomic E-state index is 5.92. The second-order valence-corrected chi connectivity index (χ2v) is 6.15. The summed E-state index contributed by atoms with van der Waals surface area (Å²) in [5, 5.41) is 4.18. The van der Waals surface area contributed by atoms with Gasteiger partial charge in [0, 0.05) is 35.3 Å². The van der Waals surface area contributed by atoms with E-state index in [0.29, 0.717) is 5.92 Å². The molecule has 1 aromatic heterocycles. The van der Waals surface area contributed by atoms with Gasteiger partial charge in [-0.05, 0) is 50.1 Å². The van der Waals surface area contributed by atoms with Gasteiger partial charge in [-0.3, -0.25) is 0 Å². The van der Waals surface area contributed by atoms with Crippen LogP contribution >= 0.6 is 11.6 Å². The Hall–Kier alpha value is -1.45. The molecule has 1 unspecified atom stereocenters. The molecule has 21 heavy (non-hydrogen) atoms. The van der Waals surface area contributed by atoms with E-state index in [4.69, 9.17) is 21.6 Å². The quantitative estimate of drug-likeness (QED) is 0.944. The van der Waals surface area contributed by atoms with Crippen LogP contribution < -0.4 is 5.32 Å². The van der Waals surface area contributed by atoms with Crippen LogP contribution in [0.5, 0.6) is 0 Å².